The zero-order valence-corrected chi connectivity index (χ0v) is 12.5. The minimum absolute atomic E-state index is 0.0887. The van der Waals surface area contributed by atoms with E-state index in [4.69, 9.17) is 4.42 Å². The van der Waals surface area contributed by atoms with Crippen LogP contribution in [0.1, 0.15) is 9.67 Å². The molecule has 0 aliphatic rings. The summed E-state index contributed by atoms with van der Waals surface area (Å²) in [5.41, 5.74) is 0.848. The first-order chi connectivity index (χ1) is 10.7. The summed E-state index contributed by atoms with van der Waals surface area (Å²) in [6.07, 6.45) is 0. The Morgan fingerprint density at radius 2 is 2.00 bits per heavy atom. The Hall–Kier alpha value is -2.60. The molecule has 1 aromatic carbocycles. The fourth-order valence-corrected chi connectivity index (χ4v) is 2.77. The van der Waals surface area contributed by atoms with Crippen molar-refractivity contribution in [3.63, 3.8) is 0 Å². The number of amides is 1. The normalized spacial score (nSPS) is 10.5. The van der Waals surface area contributed by atoms with Gasteiger partial charge >= 0.3 is 5.63 Å². The number of hydrogen-bond acceptors (Lipinski definition) is 5. The van der Waals surface area contributed by atoms with Crippen molar-refractivity contribution in [3.8, 4) is 0 Å². The van der Waals surface area contributed by atoms with Gasteiger partial charge in [-0.2, -0.15) is 0 Å². The van der Waals surface area contributed by atoms with Crippen LogP contribution < -0.4 is 16.3 Å². The van der Waals surface area contributed by atoms with E-state index in [0.29, 0.717) is 29.2 Å². The zero-order chi connectivity index (χ0) is 15.4. The fourth-order valence-electron chi connectivity index (χ4n) is 2.13. The summed E-state index contributed by atoms with van der Waals surface area (Å²) in [6.45, 7) is 0.982. The maximum Gasteiger partial charge on any atom is 0.338 e. The molecule has 0 atom stereocenters. The van der Waals surface area contributed by atoms with Gasteiger partial charge in [-0.1, -0.05) is 18.2 Å². The molecule has 0 spiro atoms. The van der Waals surface area contributed by atoms with Gasteiger partial charge in [-0.25, -0.2) is 4.79 Å². The third kappa shape index (κ3) is 3.17. The average molecular weight is 314 g/mol. The van der Waals surface area contributed by atoms with Crippen molar-refractivity contribution in [3.05, 3.63) is 63.1 Å². The topological polar surface area (TPSA) is 71.3 Å². The Morgan fingerprint density at radius 3 is 2.82 bits per heavy atom. The summed E-state index contributed by atoms with van der Waals surface area (Å²) in [5.74, 6) is -0.0887. The van der Waals surface area contributed by atoms with Crippen molar-refractivity contribution >= 4 is 33.9 Å². The first-order valence-corrected chi connectivity index (χ1v) is 7.70. The smallest absolute Gasteiger partial charge is 0.338 e. The van der Waals surface area contributed by atoms with Crippen LogP contribution in [0.3, 0.4) is 0 Å². The largest absolute Gasteiger partial charge is 0.423 e. The lowest BCUT2D eigenvalue weighted by Crippen LogP contribution is -2.28. The predicted octanol–water partition coefficient (Wildman–Crippen LogP) is 2.70. The van der Waals surface area contributed by atoms with Crippen LogP contribution in [0, 0.1) is 0 Å². The Balaban J connectivity index is 1.62. The first kappa shape index (κ1) is 14.3. The fraction of sp³-hybridized carbons (Fsp3) is 0.125. The van der Waals surface area contributed by atoms with Gasteiger partial charge in [0.15, 0.2) is 0 Å². The summed E-state index contributed by atoms with van der Waals surface area (Å²) in [6, 6.07) is 12.4. The molecule has 1 amide bonds. The number of carbonyl (C=O) groups is 1. The molecule has 2 N–H and O–H groups in total. The van der Waals surface area contributed by atoms with Crippen molar-refractivity contribution in [2.24, 2.45) is 0 Å². The van der Waals surface area contributed by atoms with Gasteiger partial charge in [0, 0.05) is 24.5 Å². The second-order valence-electron chi connectivity index (χ2n) is 4.64. The molecule has 0 radical (unpaired) electrons. The first-order valence-electron chi connectivity index (χ1n) is 6.82. The van der Waals surface area contributed by atoms with Crippen LogP contribution in [0.15, 0.2) is 57.1 Å². The molecule has 0 saturated carbocycles. The van der Waals surface area contributed by atoms with Gasteiger partial charge in [0.05, 0.1) is 10.6 Å². The van der Waals surface area contributed by atoms with E-state index < -0.39 is 5.63 Å². The number of benzene rings is 1. The highest BCUT2D eigenvalue weighted by Gasteiger charge is 2.06. The SMILES string of the molecule is O=C(NCCNc1cc(=O)oc2ccccc12)c1cccs1. The maximum atomic E-state index is 11.8. The van der Waals surface area contributed by atoms with Crippen LogP contribution in [-0.2, 0) is 0 Å². The summed E-state index contributed by atoms with van der Waals surface area (Å²) in [4.78, 5) is 24.0. The quantitative estimate of drug-likeness (QED) is 0.561. The van der Waals surface area contributed by atoms with Gasteiger partial charge in [0.1, 0.15) is 5.58 Å². The summed E-state index contributed by atoms with van der Waals surface area (Å²) < 4.78 is 5.13. The van der Waals surface area contributed by atoms with E-state index in [0.717, 1.165) is 5.39 Å². The van der Waals surface area contributed by atoms with E-state index in [1.54, 1.807) is 12.1 Å². The van der Waals surface area contributed by atoms with Gasteiger partial charge in [-0.3, -0.25) is 4.79 Å². The minimum atomic E-state index is -0.399. The van der Waals surface area contributed by atoms with Gasteiger partial charge in [-0.15, -0.1) is 11.3 Å². The summed E-state index contributed by atoms with van der Waals surface area (Å²) in [7, 11) is 0. The number of fused-ring (bicyclic) bond motifs is 1. The monoisotopic (exact) mass is 314 g/mol. The number of rotatable bonds is 5. The van der Waals surface area contributed by atoms with E-state index in [-0.39, 0.29) is 5.91 Å². The standard InChI is InChI=1S/C16H14N2O3S/c19-15-10-12(11-4-1-2-5-13(11)21-15)17-7-8-18-16(20)14-6-3-9-22-14/h1-6,9-10,17H,7-8H2,(H,18,20). The molecule has 0 fully saturated rings. The molecule has 6 heteroatoms. The zero-order valence-electron chi connectivity index (χ0n) is 11.7. The average Bonchev–Trinajstić information content (AvgIpc) is 3.05. The van der Waals surface area contributed by atoms with Gasteiger partial charge in [-0.05, 0) is 23.6 Å². The van der Waals surface area contributed by atoms with Crippen LogP contribution in [0.5, 0.6) is 0 Å². The molecule has 22 heavy (non-hydrogen) atoms. The van der Waals surface area contributed by atoms with E-state index in [2.05, 4.69) is 10.6 Å². The molecule has 3 rings (SSSR count). The van der Waals surface area contributed by atoms with Crippen molar-refractivity contribution in [1.29, 1.82) is 0 Å². The molecule has 0 saturated heterocycles. The molecule has 112 valence electrons. The Morgan fingerprint density at radius 1 is 1.14 bits per heavy atom. The molecule has 5 nitrogen and oxygen atoms in total. The van der Waals surface area contributed by atoms with Gasteiger partial charge < -0.3 is 15.1 Å². The Kier molecular flexibility index (Phi) is 4.20. The van der Waals surface area contributed by atoms with Crippen LogP contribution in [-0.4, -0.2) is 19.0 Å². The molecular weight excluding hydrogens is 300 g/mol. The lowest BCUT2D eigenvalue weighted by Gasteiger charge is -2.09. The highest BCUT2D eigenvalue weighted by atomic mass is 32.1. The second-order valence-corrected chi connectivity index (χ2v) is 5.58. The van der Waals surface area contributed by atoms with E-state index >= 15 is 0 Å². The maximum absolute atomic E-state index is 11.8. The summed E-state index contributed by atoms with van der Waals surface area (Å²) >= 11 is 1.40. The van der Waals surface area contributed by atoms with Gasteiger partial charge in [0.25, 0.3) is 5.91 Å². The van der Waals surface area contributed by atoms with Crippen molar-refractivity contribution in [2.75, 3.05) is 18.4 Å². The third-order valence-electron chi connectivity index (χ3n) is 3.12. The number of carbonyl (C=O) groups excluding carboxylic acids is 1. The van der Waals surface area contributed by atoms with Crippen LogP contribution in [0.4, 0.5) is 5.69 Å². The number of hydrogen-bond donors (Lipinski definition) is 2. The minimum Gasteiger partial charge on any atom is -0.423 e. The molecule has 0 aliphatic heterocycles. The highest BCUT2D eigenvalue weighted by Crippen LogP contribution is 2.20. The molecule has 3 aromatic rings. The molecule has 2 aromatic heterocycles. The molecule has 2 heterocycles. The van der Waals surface area contributed by atoms with Crippen LogP contribution in [0.2, 0.25) is 0 Å². The lowest BCUT2D eigenvalue weighted by atomic mass is 10.2. The van der Waals surface area contributed by atoms with E-state index in [9.17, 15) is 9.59 Å². The van der Waals surface area contributed by atoms with Crippen molar-refractivity contribution < 1.29 is 9.21 Å². The number of para-hydroxylation sites is 1. The van der Waals surface area contributed by atoms with E-state index in [1.807, 2.05) is 29.6 Å². The van der Waals surface area contributed by atoms with Crippen LogP contribution in [0.25, 0.3) is 11.0 Å². The highest BCUT2D eigenvalue weighted by molar-refractivity contribution is 7.12. The van der Waals surface area contributed by atoms with Crippen molar-refractivity contribution in [2.45, 2.75) is 0 Å². The van der Waals surface area contributed by atoms with E-state index in [1.165, 1.54) is 17.4 Å². The third-order valence-corrected chi connectivity index (χ3v) is 3.99. The van der Waals surface area contributed by atoms with Gasteiger partial charge in [0.2, 0.25) is 0 Å². The second kappa shape index (κ2) is 6.44. The molecule has 0 aliphatic carbocycles. The predicted molar refractivity (Wildman–Crippen MR) is 87.6 cm³/mol. The molecule has 0 bridgehead atoms. The lowest BCUT2D eigenvalue weighted by molar-refractivity contribution is 0.0959. The number of nitrogens with one attached hydrogen (secondary N) is 2. The van der Waals surface area contributed by atoms with Crippen molar-refractivity contribution in [1.82, 2.24) is 5.32 Å². The Bertz CT molecular complexity index is 840. The number of thiophene rings is 1. The summed E-state index contributed by atoms with van der Waals surface area (Å²) in [5, 5.41) is 8.69. The molecular formula is C16H14N2O3S. The Labute approximate surface area is 130 Å². The molecule has 0 unspecified atom stereocenters. The van der Waals surface area contributed by atoms with Crippen LogP contribution >= 0.6 is 11.3 Å². The number of anilines is 1.